The summed E-state index contributed by atoms with van der Waals surface area (Å²) >= 11 is 0.993. The average Bonchev–Trinajstić information content (AvgIpc) is 2.66. The number of esters is 1. The molecule has 1 aromatic heterocycles. The second-order valence-corrected chi connectivity index (χ2v) is 6.72. The number of amides is 1. The van der Waals surface area contributed by atoms with Crippen LogP contribution in [-0.2, 0) is 9.53 Å². The van der Waals surface area contributed by atoms with E-state index >= 15 is 0 Å². The molecule has 0 aliphatic heterocycles. The minimum Gasteiger partial charge on any atom is -0.459 e. The molecule has 0 spiro atoms. The van der Waals surface area contributed by atoms with E-state index in [0.29, 0.717) is 11.3 Å². The fourth-order valence-corrected chi connectivity index (χ4v) is 2.57. The molecule has 9 nitrogen and oxygen atoms in total. The first-order valence-corrected chi connectivity index (χ1v) is 9.25. The molecule has 0 saturated heterocycles. The third kappa shape index (κ3) is 5.55. The Balaban J connectivity index is 1.92. The van der Waals surface area contributed by atoms with Crippen LogP contribution in [-0.4, -0.2) is 38.6 Å². The van der Waals surface area contributed by atoms with Crippen molar-refractivity contribution in [3.05, 3.63) is 45.9 Å². The van der Waals surface area contributed by atoms with Gasteiger partial charge in [-0.25, -0.2) is 4.79 Å². The number of nitrogens with one attached hydrogen (secondary N) is 1. The van der Waals surface area contributed by atoms with Crippen molar-refractivity contribution in [2.45, 2.75) is 38.5 Å². The molecule has 1 aromatic carbocycles. The van der Waals surface area contributed by atoms with E-state index in [2.05, 4.69) is 15.5 Å². The van der Waals surface area contributed by atoms with Crippen LogP contribution in [0.4, 0.5) is 5.69 Å². The van der Waals surface area contributed by atoms with Gasteiger partial charge in [0.1, 0.15) is 5.69 Å². The number of thioether (sulfide) groups is 1. The van der Waals surface area contributed by atoms with E-state index < -0.39 is 11.5 Å². The van der Waals surface area contributed by atoms with Gasteiger partial charge in [-0.2, -0.15) is 4.68 Å². The summed E-state index contributed by atoms with van der Waals surface area (Å²) in [6.45, 7) is 5.26. The SMILES string of the molecule is CCC(C)OC(=O)c1ccc(NC(=O)CSc2nnc(C)c(=O)n2N)cc1. The summed E-state index contributed by atoms with van der Waals surface area (Å²) in [6.07, 6.45) is 0.582. The van der Waals surface area contributed by atoms with Gasteiger partial charge in [0.15, 0.2) is 0 Å². The normalized spacial score (nSPS) is 11.7. The zero-order chi connectivity index (χ0) is 20.0. The number of benzene rings is 1. The van der Waals surface area contributed by atoms with Gasteiger partial charge in [0, 0.05) is 5.69 Å². The highest BCUT2D eigenvalue weighted by Gasteiger charge is 2.12. The van der Waals surface area contributed by atoms with Crippen LogP contribution in [0.1, 0.15) is 36.3 Å². The minimum absolute atomic E-state index is 0.00775. The van der Waals surface area contributed by atoms with E-state index in [1.165, 1.54) is 6.92 Å². The van der Waals surface area contributed by atoms with Gasteiger partial charge >= 0.3 is 5.97 Å². The molecule has 0 aliphatic rings. The van der Waals surface area contributed by atoms with Crippen molar-refractivity contribution in [2.24, 2.45) is 0 Å². The molecule has 1 atom stereocenters. The summed E-state index contributed by atoms with van der Waals surface area (Å²) in [6, 6.07) is 6.38. The molecule has 1 unspecified atom stereocenters. The molecule has 2 rings (SSSR count). The summed E-state index contributed by atoms with van der Waals surface area (Å²) in [5.41, 5.74) is 0.650. The van der Waals surface area contributed by atoms with Crippen molar-refractivity contribution >= 4 is 29.3 Å². The van der Waals surface area contributed by atoms with Crippen LogP contribution in [0.2, 0.25) is 0 Å². The maximum Gasteiger partial charge on any atom is 0.338 e. The Hall–Kier alpha value is -2.88. The number of nitrogen functional groups attached to an aromatic ring is 1. The van der Waals surface area contributed by atoms with Crippen LogP contribution in [0, 0.1) is 6.92 Å². The van der Waals surface area contributed by atoms with Crippen molar-refractivity contribution < 1.29 is 14.3 Å². The van der Waals surface area contributed by atoms with Gasteiger partial charge in [-0.05, 0) is 44.5 Å². The van der Waals surface area contributed by atoms with Crippen LogP contribution in [0.25, 0.3) is 0 Å². The fourth-order valence-electron chi connectivity index (χ4n) is 1.92. The highest BCUT2D eigenvalue weighted by molar-refractivity contribution is 7.99. The van der Waals surface area contributed by atoms with Crippen molar-refractivity contribution in [3.8, 4) is 0 Å². The number of nitrogens with two attached hydrogens (primary N) is 1. The van der Waals surface area contributed by atoms with Gasteiger partial charge in [-0.1, -0.05) is 18.7 Å². The molecule has 0 bridgehead atoms. The van der Waals surface area contributed by atoms with E-state index in [1.807, 2.05) is 13.8 Å². The molecule has 3 N–H and O–H groups in total. The summed E-state index contributed by atoms with van der Waals surface area (Å²) in [5.74, 6) is 4.89. The lowest BCUT2D eigenvalue weighted by Gasteiger charge is -2.11. The van der Waals surface area contributed by atoms with Crippen molar-refractivity contribution in [1.82, 2.24) is 14.9 Å². The van der Waals surface area contributed by atoms with Gasteiger partial charge < -0.3 is 15.9 Å². The van der Waals surface area contributed by atoms with Crippen molar-refractivity contribution in [3.63, 3.8) is 0 Å². The Morgan fingerprint density at radius 2 is 1.96 bits per heavy atom. The zero-order valence-corrected chi connectivity index (χ0v) is 16.1. The smallest absolute Gasteiger partial charge is 0.338 e. The molecule has 0 saturated carbocycles. The van der Waals surface area contributed by atoms with Crippen LogP contribution in [0.5, 0.6) is 0 Å². The molecule has 10 heteroatoms. The molecule has 0 radical (unpaired) electrons. The second-order valence-electron chi connectivity index (χ2n) is 5.78. The molecular formula is C17H21N5O4S. The lowest BCUT2D eigenvalue weighted by Crippen LogP contribution is -2.32. The first-order valence-electron chi connectivity index (χ1n) is 8.27. The maximum atomic E-state index is 12.1. The van der Waals surface area contributed by atoms with E-state index in [9.17, 15) is 14.4 Å². The Labute approximate surface area is 160 Å². The number of nitrogens with zero attached hydrogens (tertiary/aromatic N) is 3. The maximum absolute atomic E-state index is 12.1. The van der Waals surface area contributed by atoms with E-state index in [0.717, 1.165) is 22.9 Å². The van der Waals surface area contributed by atoms with E-state index in [1.54, 1.807) is 24.3 Å². The number of ether oxygens (including phenoxy) is 1. The number of rotatable bonds is 7. The molecule has 1 amide bonds. The second kappa shape index (κ2) is 9.17. The highest BCUT2D eigenvalue weighted by atomic mass is 32.2. The number of carbonyl (C=O) groups is 2. The molecular weight excluding hydrogens is 370 g/mol. The minimum atomic E-state index is -0.465. The zero-order valence-electron chi connectivity index (χ0n) is 15.3. The Kier molecular flexibility index (Phi) is 6.94. The number of carbonyl (C=O) groups excluding carboxylic acids is 2. The molecule has 0 fully saturated rings. The van der Waals surface area contributed by atoms with Gasteiger partial charge in [-0.15, -0.1) is 10.2 Å². The van der Waals surface area contributed by atoms with Gasteiger partial charge in [-0.3, -0.25) is 9.59 Å². The molecule has 144 valence electrons. The number of anilines is 1. The molecule has 27 heavy (non-hydrogen) atoms. The van der Waals surface area contributed by atoms with Crippen molar-refractivity contribution in [2.75, 3.05) is 16.9 Å². The average molecular weight is 391 g/mol. The topological polar surface area (TPSA) is 129 Å². The number of hydrogen-bond donors (Lipinski definition) is 2. The van der Waals surface area contributed by atoms with Gasteiger partial charge in [0.05, 0.1) is 17.4 Å². The van der Waals surface area contributed by atoms with Crippen molar-refractivity contribution in [1.29, 1.82) is 0 Å². The lowest BCUT2D eigenvalue weighted by atomic mass is 10.2. The Morgan fingerprint density at radius 1 is 1.30 bits per heavy atom. The Morgan fingerprint density at radius 3 is 2.59 bits per heavy atom. The summed E-state index contributed by atoms with van der Waals surface area (Å²) < 4.78 is 6.10. The number of hydrogen-bond acceptors (Lipinski definition) is 8. The number of aromatic nitrogens is 3. The molecule has 2 aromatic rings. The van der Waals surface area contributed by atoms with Crippen LogP contribution >= 0.6 is 11.8 Å². The number of aryl methyl sites for hydroxylation is 1. The van der Waals surface area contributed by atoms with E-state index in [-0.39, 0.29) is 28.6 Å². The van der Waals surface area contributed by atoms with Gasteiger partial charge in [0.25, 0.3) is 5.56 Å². The predicted molar refractivity (Wildman–Crippen MR) is 102 cm³/mol. The third-order valence-electron chi connectivity index (χ3n) is 3.64. The first-order chi connectivity index (χ1) is 12.8. The predicted octanol–water partition coefficient (Wildman–Crippen LogP) is 1.35. The Bertz CT molecular complexity index is 882. The van der Waals surface area contributed by atoms with Crippen LogP contribution in [0.3, 0.4) is 0 Å². The van der Waals surface area contributed by atoms with Crippen LogP contribution in [0.15, 0.2) is 34.2 Å². The van der Waals surface area contributed by atoms with Gasteiger partial charge in [0.2, 0.25) is 11.1 Å². The summed E-state index contributed by atoms with van der Waals surface area (Å²) in [7, 11) is 0. The largest absolute Gasteiger partial charge is 0.459 e. The summed E-state index contributed by atoms with van der Waals surface area (Å²) in [4.78, 5) is 35.7. The lowest BCUT2D eigenvalue weighted by molar-refractivity contribution is -0.113. The van der Waals surface area contributed by atoms with E-state index in [4.69, 9.17) is 10.6 Å². The summed E-state index contributed by atoms with van der Waals surface area (Å²) in [5, 5.41) is 10.3. The standard InChI is InChI=1S/C17H21N5O4S/c1-4-10(2)26-16(25)12-5-7-13(8-6-12)19-14(23)9-27-17-21-20-11(3)15(24)22(17)18/h5-8,10H,4,9,18H2,1-3H3,(H,19,23). The quantitative estimate of drug-likeness (QED) is 0.411. The third-order valence-corrected chi connectivity index (χ3v) is 4.58. The van der Waals surface area contributed by atoms with Crippen LogP contribution < -0.4 is 16.7 Å². The first kappa shape index (κ1) is 20.4. The molecule has 1 heterocycles. The molecule has 0 aliphatic carbocycles. The fraction of sp³-hybridized carbons (Fsp3) is 0.353. The monoisotopic (exact) mass is 391 g/mol. The highest BCUT2D eigenvalue weighted by Crippen LogP contribution is 2.15.